The molecule has 20 heavy (non-hydrogen) atoms. The van der Waals surface area contributed by atoms with Gasteiger partial charge in [0.25, 0.3) is 0 Å². The maximum absolute atomic E-state index is 6.31. The van der Waals surface area contributed by atoms with Gasteiger partial charge in [0.15, 0.2) is 0 Å². The highest BCUT2D eigenvalue weighted by molar-refractivity contribution is 7.10. The first-order valence-corrected chi connectivity index (χ1v) is 8.11. The average molecular weight is 310 g/mol. The molecule has 1 unspecified atom stereocenters. The summed E-state index contributed by atoms with van der Waals surface area (Å²) in [6.45, 7) is 7.05. The van der Waals surface area contributed by atoms with Crippen molar-refractivity contribution in [2.75, 3.05) is 6.54 Å². The van der Waals surface area contributed by atoms with Crippen molar-refractivity contribution >= 4 is 22.9 Å². The van der Waals surface area contributed by atoms with Crippen LogP contribution in [0.25, 0.3) is 0 Å². The number of nitrogens with one attached hydrogen (secondary N) is 1. The van der Waals surface area contributed by atoms with Crippen molar-refractivity contribution in [3.05, 3.63) is 51.2 Å². The minimum atomic E-state index is 0.0717. The highest BCUT2D eigenvalue weighted by Gasteiger charge is 2.21. The first-order valence-electron chi connectivity index (χ1n) is 6.85. The number of halogens is 1. The Bertz CT molecular complexity index is 553. The van der Waals surface area contributed by atoms with Gasteiger partial charge < -0.3 is 10.1 Å². The lowest BCUT2D eigenvalue weighted by Gasteiger charge is -2.22. The fourth-order valence-corrected chi connectivity index (χ4v) is 3.40. The van der Waals surface area contributed by atoms with Crippen LogP contribution < -0.4 is 10.1 Å². The van der Waals surface area contributed by atoms with E-state index in [1.54, 1.807) is 11.3 Å². The molecule has 0 amide bonds. The molecule has 1 aromatic heterocycles. The van der Waals surface area contributed by atoms with E-state index in [9.17, 15) is 0 Å². The summed E-state index contributed by atoms with van der Waals surface area (Å²) >= 11 is 7.98. The van der Waals surface area contributed by atoms with Gasteiger partial charge >= 0.3 is 0 Å². The third-order valence-corrected chi connectivity index (χ3v) is 4.33. The predicted molar refractivity (Wildman–Crippen MR) is 87.1 cm³/mol. The van der Waals surface area contributed by atoms with E-state index >= 15 is 0 Å². The van der Waals surface area contributed by atoms with Gasteiger partial charge in [0, 0.05) is 10.4 Å². The van der Waals surface area contributed by atoms with Gasteiger partial charge in [-0.3, -0.25) is 0 Å². The molecular formula is C16H20ClNOS. The van der Waals surface area contributed by atoms with E-state index in [1.165, 1.54) is 0 Å². The number of benzene rings is 1. The lowest BCUT2D eigenvalue weighted by atomic mass is 10.0. The Morgan fingerprint density at radius 2 is 2.00 bits per heavy atom. The number of ether oxygens (including phenoxy) is 1. The summed E-state index contributed by atoms with van der Waals surface area (Å²) in [6.07, 6.45) is 0.150. The molecule has 1 heterocycles. The lowest BCUT2D eigenvalue weighted by molar-refractivity contribution is 0.238. The first-order chi connectivity index (χ1) is 9.63. The zero-order valence-electron chi connectivity index (χ0n) is 12.0. The van der Waals surface area contributed by atoms with E-state index in [1.807, 2.05) is 43.5 Å². The van der Waals surface area contributed by atoms with Crippen molar-refractivity contribution in [2.24, 2.45) is 0 Å². The maximum Gasteiger partial charge on any atom is 0.124 e. The molecule has 0 aliphatic heterocycles. The number of hydrogen-bond donors (Lipinski definition) is 1. The molecule has 0 fully saturated rings. The average Bonchev–Trinajstić information content (AvgIpc) is 2.82. The Morgan fingerprint density at radius 1 is 1.25 bits per heavy atom. The predicted octanol–water partition coefficient (Wildman–Crippen LogP) is 4.89. The van der Waals surface area contributed by atoms with Crippen molar-refractivity contribution in [1.29, 1.82) is 0 Å². The minimum Gasteiger partial charge on any atom is -0.491 e. The number of thiophene rings is 1. The van der Waals surface area contributed by atoms with Crippen LogP contribution in [0.5, 0.6) is 5.75 Å². The second-order valence-electron chi connectivity index (χ2n) is 4.83. The molecule has 2 rings (SSSR count). The zero-order chi connectivity index (χ0) is 14.5. The summed E-state index contributed by atoms with van der Waals surface area (Å²) in [7, 11) is 0. The molecule has 0 saturated heterocycles. The van der Waals surface area contributed by atoms with Crippen molar-refractivity contribution in [2.45, 2.75) is 32.9 Å². The van der Waals surface area contributed by atoms with E-state index in [4.69, 9.17) is 16.3 Å². The molecular weight excluding hydrogens is 290 g/mol. The van der Waals surface area contributed by atoms with Gasteiger partial charge in [-0.15, -0.1) is 11.3 Å². The summed E-state index contributed by atoms with van der Waals surface area (Å²) in [4.78, 5) is 1.13. The molecule has 2 aromatic rings. The maximum atomic E-state index is 6.31. The molecule has 1 N–H and O–H groups in total. The van der Waals surface area contributed by atoms with Crippen molar-refractivity contribution in [3.8, 4) is 5.75 Å². The smallest absolute Gasteiger partial charge is 0.124 e. The van der Waals surface area contributed by atoms with Crippen LogP contribution in [0.1, 0.15) is 37.3 Å². The Kier molecular flexibility index (Phi) is 5.46. The van der Waals surface area contributed by atoms with Crippen LogP contribution in [-0.4, -0.2) is 12.6 Å². The number of para-hydroxylation sites is 1. The van der Waals surface area contributed by atoms with Crippen molar-refractivity contribution in [3.63, 3.8) is 0 Å². The monoisotopic (exact) mass is 309 g/mol. The van der Waals surface area contributed by atoms with E-state index in [2.05, 4.69) is 18.3 Å². The van der Waals surface area contributed by atoms with Crippen LogP contribution in [-0.2, 0) is 0 Å². The number of hydrogen-bond acceptors (Lipinski definition) is 3. The van der Waals surface area contributed by atoms with Crippen molar-refractivity contribution < 1.29 is 4.74 Å². The Morgan fingerprint density at radius 3 is 2.60 bits per heavy atom. The standard InChI is InChI=1S/C16H20ClNOS/c1-4-18-15(16-13(17)9-10-20-16)12-7-5-6-8-14(12)19-11(2)3/h5-11,15,18H,4H2,1-3H3. The topological polar surface area (TPSA) is 21.3 Å². The summed E-state index contributed by atoms with van der Waals surface area (Å²) < 4.78 is 5.93. The molecule has 1 aromatic carbocycles. The zero-order valence-corrected chi connectivity index (χ0v) is 13.6. The summed E-state index contributed by atoms with van der Waals surface area (Å²) in [5.74, 6) is 0.915. The molecule has 2 nitrogen and oxygen atoms in total. The van der Waals surface area contributed by atoms with Crippen molar-refractivity contribution in [1.82, 2.24) is 5.32 Å². The Balaban J connectivity index is 2.42. The van der Waals surface area contributed by atoms with Gasteiger partial charge in [0.2, 0.25) is 0 Å². The van der Waals surface area contributed by atoms with Crippen LogP contribution in [0, 0.1) is 0 Å². The molecule has 0 bridgehead atoms. The molecule has 0 aliphatic rings. The van der Waals surface area contributed by atoms with Crippen LogP contribution in [0.2, 0.25) is 5.02 Å². The fraction of sp³-hybridized carbons (Fsp3) is 0.375. The SMILES string of the molecule is CCNC(c1ccccc1OC(C)C)c1sccc1Cl. The van der Waals surface area contributed by atoms with Crippen LogP contribution >= 0.6 is 22.9 Å². The van der Waals surface area contributed by atoms with E-state index in [-0.39, 0.29) is 12.1 Å². The molecule has 0 spiro atoms. The van der Waals surface area contributed by atoms with Gasteiger partial charge in [0.05, 0.1) is 17.2 Å². The largest absolute Gasteiger partial charge is 0.491 e. The van der Waals surface area contributed by atoms with E-state index in [0.717, 1.165) is 27.8 Å². The lowest BCUT2D eigenvalue weighted by Crippen LogP contribution is -2.22. The van der Waals surface area contributed by atoms with Crippen LogP contribution in [0.15, 0.2) is 35.7 Å². The normalized spacial score (nSPS) is 12.7. The highest BCUT2D eigenvalue weighted by Crippen LogP contribution is 2.36. The van der Waals surface area contributed by atoms with Crippen LogP contribution in [0.3, 0.4) is 0 Å². The molecule has 0 radical (unpaired) electrons. The fourth-order valence-electron chi connectivity index (χ4n) is 2.14. The number of rotatable bonds is 6. The molecule has 108 valence electrons. The van der Waals surface area contributed by atoms with Gasteiger partial charge in [-0.2, -0.15) is 0 Å². The van der Waals surface area contributed by atoms with Gasteiger partial charge in [-0.25, -0.2) is 0 Å². The Hall–Kier alpha value is -1.03. The molecule has 4 heteroatoms. The van der Waals surface area contributed by atoms with Gasteiger partial charge in [0.1, 0.15) is 5.75 Å². The summed E-state index contributed by atoms with van der Waals surface area (Å²) in [5.41, 5.74) is 1.13. The van der Waals surface area contributed by atoms with E-state index < -0.39 is 0 Å². The van der Waals surface area contributed by atoms with Gasteiger partial charge in [-0.05, 0) is 37.9 Å². The van der Waals surface area contributed by atoms with Crippen LogP contribution in [0.4, 0.5) is 0 Å². The summed E-state index contributed by atoms with van der Waals surface area (Å²) in [6, 6.07) is 10.2. The highest BCUT2D eigenvalue weighted by atomic mass is 35.5. The van der Waals surface area contributed by atoms with Gasteiger partial charge in [-0.1, -0.05) is 36.7 Å². The third-order valence-electron chi connectivity index (χ3n) is 2.91. The third kappa shape index (κ3) is 3.54. The first kappa shape index (κ1) is 15.4. The molecule has 1 atom stereocenters. The van der Waals surface area contributed by atoms with E-state index in [0.29, 0.717) is 0 Å². The molecule has 0 saturated carbocycles. The summed E-state index contributed by atoms with van der Waals surface area (Å²) in [5, 5.41) is 6.33. The second kappa shape index (κ2) is 7.11. The molecule has 0 aliphatic carbocycles. The Labute approximate surface area is 129 Å². The second-order valence-corrected chi connectivity index (χ2v) is 6.18. The quantitative estimate of drug-likeness (QED) is 0.820. The minimum absolute atomic E-state index is 0.0717.